The smallest absolute Gasteiger partial charge is 0.317 e. The molecule has 120 valence electrons. The number of anilines is 1. The number of amides is 2. The van der Waals surface area contributed by atoms with Gasteiger partial charge < -0.3 is 5.32 Å². The molecule has 0 heterocycles. The molecule has 0 radical (unpaired) electrons. The predicted octanol–water partition coefficient (Wildman–Crippen LogP) is 3.66. The Balaban J connectivity index is 2.65. The van der Waals surface area contributed by atoms with Crippen molar-refractivity contribution in [3.63, 3.8) is 0 Å². The molecule has 6 heteroatoms. The first kappa shape index (κ1) is 18.2. The van der Waals surface area contributed by atoms with Gasteiger partial charge in [-0.1, -0.05) is 38.3 Å². The van der Waals surface area contributed by atoms with Crippen LogP contribution >= 0.6 is 11.6 Å². The van der Waals surface area contributed by atoms with E-state index in [1.807, 2.05) is 13.8 Å². The van der Waals surface area contributed by atoms with Crippen LogP contribution in [-0.4, -0.2) is 17.5 Å². The SMILES string of the molecule is CCCC(CCC)=NNC(=O)C(=O)Nc1ccc(Cl)cc1C. The molecule has 0 atom stereocenters. The lowest BCUT2D eigenvalue weighted by Gasteiger charge is -2.08. The minimum atomic E-state index is -0.779. The molecule has 0 saturated heterocycles. The lowest BCUT2D eigenvalue weighted by molar-refractivity contribution is -0.136. The number of rotatable bonds is 6. The topological polar surface area (TPSA) is 70.6 Å². The first-order valence-electron chi connectivity index (χ1n) is 7.40. The molecule has 0 aromatic heterocycles. The fourth-order valence-electron chi connectivity index (χ4n) is 1.94. The van der Waals surface area contributed by atoms with E-state index in [0.717, 1.165) is 37.0 Å². The molecule has 1 aromatic rings. The Kier molecular flexibility index (Phi) is 7.60. The summed E-state index contributed by atoms with van der Waals surface area (Å²) in [6.07, 6.45) is 3.52. The van der Waals surface area contributed by atoms with Gasteiger partial charge in [0.1, 0.15) is 0 Å². The van der Waals surface area contributed by atoms with Gasteiger partial charge in [0, 0.05) is 16.4 Å². The van der Waals surface area contributed by atoms with Crippen LogP contribution in [0.3, 0.4) is 0 Å². The molecular formula is C16H22ClN3O2. The number of nitrogens with zero attached hydrogens (tertiary/aromatic N) is 1. The highest BCUT2D eigenvalue weighted by Gasteiger charge is 2.14. The second-order valence-corrected chi connectivity index (χ2v) is 5.47. The lowest BCUT2D eigenvalue weighted by atomic mass is 10.1. The van der Waals surface area contributed by atoms with E-state index in [0.29, 0.717) is 10.7 Å². The summed E-state index contributed by atoms with van der Waals surface area (Å²) in [4.78, 5) is 23.6. The van der Waals surface area contributed by atoms with Gasteiger partial charge in [0.15, 0.2) is 0 Å². The third-order valence-corrected chi connectivity index (χ3v) is 3.27. The van der Waals surface area contributed by atoms with Crippen molar-refractivity contribution in [3.05, 3.63) is 28.8 Å². The maximum Gasteiger partial charge on any atom is 0.329 e. The van der Waals surface area contributed by atoms with Gasteiger partial charge in [-0.25, -0.2) is 5.43 Å². The van der Waals surface area contributed by atoms with E-state index in [4.69, 9.17) is 11.6 Å². The van der Waals surface area contributed by atoms with Crippen molar-refractivity contribution in [1.29, 1.82) is 0 Å². The molecule has 0 aliphatic heterocycles. The maximum absolute atomic E-state index is 11.9. The van der Waals surface area contributed by atoms with Gasteiger partial charge in [0.2, 0.25) is 0 Å². The number of hydrogen-bond acceptors (Lipinski definition) is 3. The lowest BCUT2D eigenvalue weighted by Crippen LogP contribution is -2.33. The van der Waals surface area contributed by atoms with E-state index < -0.39 is 11.8 Å². The summed E-state index contributed by atoms with van der Waals surface area (Å²) in [5.41, 5.74) is 4.55. The van der Waals surface area contributed by atoms with Gasteiger partial charge in [0.05, 0.1) is 0 Å². The molecule has 0 unspecified atom stereocenters. The van der Waals surface area contributed by atoms with E-state index in [1.54, 1.807) is 25.1 Å². The number of carbonyl (C=O) groups excluding carboxylic acids is 2. The van der Waals surface area contributed by atoms with Crippen LogP contribution in [-0.2, 0) is 9.59 Å². The van der Waals surface area contributed by atoms with Gasteiger partial charge in [-0.3, -0.25) is 9.59 Å². The van der Waals surface area contributed by atoms with Crippen molar-refractivity contribution in [2.75, 3.05) is 5.32 Å². The van der Waals surface area contributed by atoms with Gasteiger partial charge in [0.25, 0.3) is 0 Å². The summed E-state index contributed by atoms with van der Waals surface area (Å²) in [6, 6.07) is 5.03. The number of hydrogen-bond donors (Lipinski definition) is 2. The van der Waals surface area contributed by atoms with E-state index in [2.05, 4.69) is 15.8 Å². The zero-order valence-electron chi connectivity index (χ0n) is 13.2. The number of hydrazone groups is 1. The van der Waals surface area contributed by atoms with Gasteiger partial charge >= 0.3 is 11.8 Å². The number of carbonyl (C=O) groups is 2. The molecule has 0 aliphatic rings. The molecule has 1 rings (SSSR count). The molecule has 1 aromatic carbocycles. The predicted molar refractivity (Wildman–Crippen MR) is 90.2 cm³/mol. The third kappa shape index (κ3) is 5.85. The highest BCUT2D eigenvalue weighted by Crippen LogP contribution is 2.19. The zero-order valence-corrected chi connectivity index (χ0v) is 14.0. The highest BCUT2D eigenvalue weighted by molar-refractivity contribution is 6.39. The summed E-state index contributed by atoms with van der Waals surface area (Å²) in [5, 5.41) is 7.16. The van der Waals surface area contributed by atoms with E-state index in [-0.39, 0.29) is 0 Å². The summed E-state index contributed by atoms with van der Waals surface area (Å²) in [5.74, 6) is -1.53. The second-order valence-electron chi connectivity index (χ2n) is 5.03. The van der Waals surface area contributed by atoms with Crippen molar-refractivity contribution < 1.29 is 9.59 Å². The minimum Gasteiger partial charge on any atom is -0.317 e. The molecule has 0 saturated carbocycles. The number of benzene rings is 1. The van der Waals surface area contributed by atoms with Crippen LogP contribution in [0.5, 0.6) is 0 Å². The van der Waals surface area contributed by atoms with E-state index in [9.17, 15) is 9.59 Å². The minimum absolute atomic E-state index is 0.552. The third-order valence-electron chi connectivity index (χ3n) is 3.04. The largest absolute Gasteiger partial charge is 0.329 e. The summed E-state index contributed by atoms with van der Waals surface area (Å²) in [6.45, 7) is 5.89. The average molecular weight is 324 g/mol. The average Bonchev–Trinajstić information content (AvgIpc) is 2.47. The zero-order chi connectivity index (χ0) is 16.5. The fourth-order valence-corrected chi connectivity index (χ4v) is 2.17. The van der Waals surface area contributed by atoms with Crippen molar-refractivity contribution in [2.45, 2.75) is 46.5 Å². The molecule has 2 amide bonds. The monoisotopic (exact) mass is 323 g/mol. The quantitative estimate of drug-likeness (QED) is 0.476. The van der Waals surface area contributed by atoms with E-state index >= 15 is 0 Å². The van der Waals surface area contributed by atoms with Crippen LogP contribution in [0.2, 0.25) is 5.02 Å². The molecule has 0 aliphatic carbocycles. The molecule has 22 heavy (non-hydrogen) atoms. The van der Waals surface area contributed by atoms with Crippen molar-refractivity contribution >= 4 is 34.8 Å². The Labute approximate surface area is 136 Å². The van der Waals surface area contributed by atoms with Crippen molar-refractivity contribution in [2.24, 2.45) is 5.10 Å². The highest BCUT2D eigenvalue weighted by atomic mass is 35.5. The number of halogens is 1. The number of aryl methyl sites for hydroxylation is 1. The Morgan fingerprint density at radius 3 is 2.32 bits per heavy atom. The van der Waals surface area contributed by atoms with Crippen molar-refractivity contribution in [1.82, 2.24) is 5.43 Å². The van der Waals surface area contributed by atoms with Crippen LogP contribution in [0.1, 0.15) is 45.1 Å². The normalized spacial score (nSPS) is 10.0. The molecule has 5 nitrogen and oxygen atoms in total. The fraction of sp³-hybridized carbons (Fsp3) is 0.438. The first-order valence-corrected chi connectivity index (χ1v) is 7.78. The van der Waals surface area contributed by atoms with Crippen LogP contribution in [0, 0.1) is 6.92 Å². The Hall–Kier alpha value is -1.88. The van der Waals surface area contributed by atoms with Gasteiger partial charge in [-0.2, -0.15) is 5.10 Å². The second kappa shape index (κ2) is 9.20. The molecular weight excluding hydrogens is 302 g/mol. The van der Waals surface area contributed by atoms with Gasteiger partial charge in [-0.05, 0) is 43.5 Å². The molecule has 2 N–H and O–H groups in total. The van der Waals surface area contributed by atoms with Gasteiger partial charge in [-0.15, -0.1) is 0 Å². The molecule has 0 bridgehead atoms. The van der Waals surface area contributed by atoms with Crippen molar-refractivity contribution in [3.8, 4) is 0 Å². The summed E-state index contributed by atoms with van der Waals surface area (Å²) in [7, 11) is 0. The first-order chi connectivity index (χ1) is 10.5. The standard InChI is InChI=1S/C16H22ClN3O2/c1-4-6-13(7-5-2)19-20-16(22)15(21)18-14-9-8-12(17)10-11(14)3/h8-10H,4-7H2,1-3H3,(H,18,21)(H,20,22). The van der Waals surface area contributed by atoms with Crippen LogP contribution in [0.4, 0.5) is 5.69 Å². The number of nitrogens with one attached hydrogen (secondary N) is 2. The van der Waals surface area contributed by atoms with Crippen LogP contribution in [0.15, 0.2) is 23.3 Å². The Morgan fingerprint density at radius 2 is 1.77 bits per heavy atom. The van der Waals surface area contributed by atoms with Crippen LogP contribution in [0.25, 0.3) is 0 Å². The summed E-state index contributed by atoms with van der Waals surface area (Å²) >= 11 is 5.85. The van der Waals surface area contributed by atoms with Crippen LogP contribution < -0.4 is 10.7 Å². The molecule has 0 fully saturated rings. The summed E-state index contributed by atoms with van der Waals surface area (Å²) < 4.78 is 0. The molecule has 0 spiro atoms. The maximum atomic E-state index is 11.9. The Bertz CT molecular complexity index is 563. The van der Waals surface area contributed by atoms with E-state index in [1.165, 1.54) is 0 Å². The Morgan fingerprint density at radius 1 is 1.14 bits per heavy atom.